The van der Waals surface area contributed by atoms with Crippen molar-refractivity contribution in [2.45, 2.75) is 238 Å². The number of esters is 2. The van der Waals surface area contributed by atoms with Crippen LogP contribution in [0.3, 0.4) is 0 Å². The zero-order valence-electron chi connectivity index (χ0n) is 43.3. The monoisotopic (exact) mass is 924 g/mol. The second kappa shape index (κ2) is 48.2. The Morgan fingerprint density at radius 1 is 0.470 bits per heavy atom. The molecule has 380 valence electrons. The Hall–Kier alpha value is -3.23. The SMILES string of the molecule is CC/C=C/C/C=C/C/C=C/C/C=C/CCCCCCCCC(=O)OCC(COCCC(C(=O)[O-])[N+](C)(C)C)OC(=O)CCCCCCCCC/C=C/C/C=C/CCCCCCCCCCC. The number of rotatable bonds is 48. The first-order chi connectivity index (χ1) is 32.1. The normalized spacial score (nSPS) is 13.4. The quantitative estimate of drug-likeness (QED) is 0.0259. The Kier molecular flexibility index (Phi) is 45.9. The van der Waals surface area contributed by atoms with Gasteiger partial charge in [0.2, 0.25) is 0 Å². The van der Waals surface area contributed by atoms with Crippen molar-refractivity contribution >= 4 is 17.9 Å². The second-order valence-electron chi connectivity index (χ2n) is 19.1. The fraction of sp³-hybridized carbons (Fsp3) is 0.741. The molecular formula is C58H101NO7. The largest absolute Gasteiger partial charge is 0.544 e. The molecule has 0 aliphatic heterocycles. The molecule has 0 amide bonds. The summed E-state index contributed by atoms with van der Waals surface area (Å²) < 4.78 is 17.2. The number of hydrogen-bond acceptors (Lipinski definition) is 7. The van der Waals surface area contributed by atoms with Crippen LogP contribution in [-0.2, 0) is 28.6 Å². The van der Waals surface area contributed by atoms with Crippen LogP contribution in [-0.4, -0.2) is 75.5 Å². The van der Waals surface area contributed by atoms with Crippen molar-refractivity contribution in [3.05, 3.63) is 72.9 Å². The van der Waals surface area contributed by atoms with Gasteiger partial charge in [-0.25, -0.2) is 0 Å². The molecule has 0 aliphatic rings. The first kappa shape index (κ1) is 62.8. The van der Waals surface area contributed by atoms with Crippen LogP contribution in [0.15, 0.2) is 72.9 Å². The van der Waals surface area contributed by atoms with Crippen LogP contribution in [0.5, 0.6) is 0 Å². The van der Waals surface area contributed by atoms with E-state index in [-0.39, 0.29) is 42.7 Å². The van der Waals surface area contributed by atoms with Crippen LogP contribution >= 0.6 is 0 Å². The van der Waals surface area contributed by atoms with Gasteiger partial charge >= 0.3 is 11.9 Å². The minimum Gasteiger partial charge on any atom is -0.544 e. The number of unbranched alkanes of at least 4 members (excludes halogenated alkanes) is 22. The van der Waals surface area contributed by atoms with Crippen LogP contribution in [0.25, 0.3) is 0 Å². The van der Waals surface area contributed by atoms with Gasteiger partial charge in [0.25, 0.3) is 0 Å². The van der Waals surface area contributed by atoms with E-state index < -0.39 is 18.1 Å². The third kappa shape index (κ3) is 45.9. The smallest absolute Gasteiger partial charge is 0.306 e. The Labute approximate surface area is 406 Å². The maximum Gasteiger partial charge on any atom is 0.306 e. The summed E-state index contributed by atoms with van der Waals surface area (Å²) >= 11 is 0. The molecule has 0 aromatic carbocycles. The molecule has 0 rings (SSSR count). The van der Waals surface area contributed by atoms with E-state index in [0.717, 1.165) is 89.9 Å². The summed E-state index contributed by atoms with van der Waals surface area (Å²) in [5.41, 5.74) is 0. The number of ether oxygens (including phenoxy) is 3. The fourth-order valence-corrected chi connectivity index (χ4v) is 7.68. The third-order valence-corrected chi connectivity index (χ3v) is 11.8. The van der Waals surface area contributed by atoms with Gasteiger partial charge in [-0.3, -0.25) is 9.59 Å². The molecular weight excluding hydrogens is 823 g/mol. The number of carboxylic acid groups (broad SMARTS) is 1. The van der Waals surface area contributed by atoms with E-state index in [9.17, 15) is 19.5 Å². The van der Waals surface area contributed by atoms with Crippen molar-refractivity contribution < 1.29 is 38.2 Å². The highest BCUT2D eigenvalue weighted by atomic mass is 16.6. The predicted molar refractivity (Wildman–Crippen MR) is 277 cm³/mol. The van der Waals surface area contributed by atoms with Crippen LogP contribution < -0.4 is 5.11 Å². The Morgan fingerprint density at radius 2 is 0.848 bits per heavy atom. The average molecular weight is 924 g/mol. The second-order valence-corrected chi connectivity index (χ2v) is 19.1. The highest BCUT2D eigenvalue weighted by Crippen LogP contribution is 2.15. The molecule has 0 bridgehead atoms. The number of carbonyl (C=O) groups is 3. The Morgan fingerprint density at radius 3 is 1.26 bits per heavy atom. The molecule has 0 fully saturated rings. The highest BCUT2D eigenvalue weighted by molar-refractivity contribution is 5.70. The molecule has 0 aromatic rings. The van der Waals surface area contributed by atoms with E-state index in [1.54, 1.807) is 21.1 Å². The topological polar surface area (TPSA) is 102 Å². The predicted octanol–water partition coefficient (Wildman–Crippen LogP) is 14.5. The van der Waals surface area contributed by atoms with Crippen molar-refractivity contribution in [2.75, 3.05) is 41.0 Å². The van der Waals surface area contributed by atoms with E-state index in [4.69, 9.17) is 14.2 Å². The molecule has 2 atom stereocenters. The summed E-state index contributed by atoms with van der Waals surface area (Å²) in [6.45, 7) is 4.54. The fourth-order valence-electron chi connectivity index (χ4n) is 7.68. The maximum absolute atomic E-state index is 12.8. The average Bonchev–Trinajstić information content (AvgIpc) is 3.28. The van der Waals surface area contributed by atoms with Crippen LogP contribution in [0.1, 0.15) is 226 Å². The van der Waals surface area contributed by atoms with Crippen molar-refractivity contribution in [2.24, 2.45) is 0 Å². The highest BCUT2D eigenvalue weighted by Gasteiger charge is 2.25. The van der Waals surface area contributed by atoms with Crippen LogP contribution in [0.2, 0.25) is 0 Å². The van der Waals surface area contributed by atoms with Crippen molar-refractivity contribution in [1.82, 2.24) is 0 Å². The number of hydrogen-bond donors (Lipinski definition) is 0. The molecule has 2 unspecified atom stereocenters. The van der Waals surface area contributed by atoms with Crippen LogP contribution in [0, 0.1) is 0 Å². The minimum absolute atomic E-state index is 0.0299. The first-order valence-electron chi connectivity index (χ1n) is 27.0. The lowest BCUT2D eigenvalue weighted by atomic mass is 10.1. The zero-order valence-corrected chi connectivity index (χ0v) is 43.3. The van der Waals surface area contributed by atoms with E-state index in [0.29, 0.717) is 12.8 Å². The van der Waals surface area contributed by atoms with Gasteiger partial charge in [0.1, 0.15) is 12.6 Å². The summed E-state index contributed by atoms with van der Waals surface area (Å²) in [6, 6.07) is -0.734. The number of aliphatic carboxylic acids is 1. The van der Waals surface area contributed by atoms with Gasteiger partial charge < -0.3 is 28.6 Å². The molecule has 0 aliphatic carbocycles. The maximum atomic E-state index is 12.8. The molecule has 8 nitrogen and oxygen atoms in total. The number of nitrogens with zero attached hydrogens (tertiary/aromatic N) is 1. The van der Waals surface area contributed by atoms with Gasteiger partial charge in [-0.1, -0.05) is 196 Å². The van der Waals surface area contributed by atoms with Gasteiger partial charge in [-0.05, 0) is 83.5 Å². The Bertz CT molecular complexity index is 1310. The van der Waals surface area contributed by atoms with Gasteiger partial charge in [-0.15, -0.1) is 0 Å². The molecule has 0 heterocycles. The molecule has 0 saturated heterocycles. The molecule has 0 aromatic heterocycles. The standard InChI is InChI=1S/C58H101NO7/c1-6-8-10-12-14-16-18-20-22-24-26-27-28-29-31-33-35-37-39-41-43-45-47-49-57(61)66-54(52-64-51-50-55(58(62)63)59(3,4)5)53-65-56(60)48-46-44-42-40-38-36-34-32-30-25-23-21-19-17-15-13-11-9-7-2/h9,11,15,17,21,23,26-27,29-32,54-55H,6-8,10,12-14,16,18-20,22,24-25,28,33-53H2,1-5H3/b11-9+,17-15+,23-21+,27-26+,31-29+,32-30+. The summed E-state index contributed by atoms with van der Waals surface area (Å²) in [5.74, 6) is -1.76. The lowest BCUT2D eigenvalue weighted by molar-refractivity contribution is -0.889. The van der Waals surface area contributed by atoms with E-state index in [2.05, 4.69) is 86.8 Å². The van der Waals surface area contributed by atoms with Crippen molar-refractivity contribution in [3.8, 4) is 0 Å². The summed E-state index contributed by atoms with van der Waals surface area (Å²) in [5, 5.41) is 11.7. The van der Waals surface area contributed by atoms with E-state index in [1.807, 2.05) is 0 Å². The van der Waals surface area contributed by atoms with Crippen molar-refractivity contribution in [1.29, 1.82) is 0 Å². The number of allylic oxidation sites excluding steroid dienone is 12. The molecule has 0 saturated carbocycles. The lowest BCUT2D eigenvalue weighted by Gasteiger charge is -2.34. The molecule has 0 N–H and O–H groups in total. The number of quaternary nitrogens is 1. The third-order valence-electron chi connectivity index (χ3n) is 11.8. The number of carboxylic acids is 1. The van der Waals surface area contributed by atoms with Gasteiger partial charge in [-0.2, -0.15) is 0 Å². The number of carbonyl (C=O) groups excluding carboxylic acids is 3. The van der Waals surface area contributed by atoms with E-state index >= 15 is 0 Å². The molecule has 66 heavy (non-hydrogen) atoms. The Balaban J connectivity index is 4.26. The summed E-state index contributed by atoms with van der Waals surface area (Å²) in [4.78, 5) is 37.1. The summed E-state index contributed by atoms with van der Waals surface area (Å²) in [6.07, 6.45) is 62.2. The lowest BCUT2D eigenvalue weighted by Crippen LogP contribution is -2.55. The van der Waals surface area contributed by atoms with E-state index in [1.165, 1.54) is 103 Å². The van der Waals surface area contributed by atoms with Gasteiger partial charge in [0.15, 0.2) is 6.10 Å². The van der Waals surface area contributed by atoms with Crippen molar-refractivity contribution in [3.63, 3.8) is 0 Å². The summed E-state index contributed by atoms with van der Waals surface area (Å²) in [7, 11) is 5.41. The first-order valence-corrected chi connectivity index (χ1v) is 27.0. The molecule has 0 spiro atoms. The zero-order chi connectivity index (χ0) is 48.4. The van der Waals surface area contributed by atoms with Crippen LogP contribution in [0.4, 0.5) is 0 Å². The minimum atomic E-state index is -1.13. The molecule has 8 heteroatoms. The number of likely N-dealkylation sites (N-methyl/N-ethyl adjacent to an activating group) is 1. The van der Waals surface area contributed by atoms with Gasteiger partial charge in [0, 0.05) is 19.3 Å². The molecule has 0 radical (unpaired) electrons. The van der Waals surface area contributed by atoms with Gasteiger partial charge in [0.05, 0.1) is 40.3 Å².